The highest BCUT2D eigenvalue weighted by Crippen LogP contribution is 2.23. The number of amides is 1. The highest BCUT2D eigenvalue weighted by atomic mass is 35.5. The maximum Gasteiger partial charge on any atom is 0.239 e. The van der Waals surface area contributed by atoms with Crippen molar-refractivity contribution in [3.63, 3.8) is 0 Å². The van der Waals surface area contributed by atoms with E-state index < -0.39 is 0 Å². The first-order valence-corrected chi connectivity index (χ1v) is 8.28. The fourth-order valence-corrected chi connectivity index (χ4v) is 3.23. The SMILES string of the molecule is C[C@H](N)C(=O)N(CCCc1ccccc1)C1CCCCC1.Cl. The average Bonchev–Trinajstić information content (AvgIpc) is 2.53. The lowest BCUT2D eigenvalue weighted by atomic mass is 9.93. The topological polar surface area (TPSA) is 46.3 Å². The van der Waals surface area contributed by atoms with Crippen LogP contribution in [0, 0.1) is 0 Å². The van der Waals surface area contributed by atoms with Gasteiger partial charge in [0.15, 0.2) is 0 Å². The van der Waals surface area contributed by atoms with E-state index in [1.807, 2.05) is 6.07 Å². The van der Waals surface area contributed by atoms with Crippen LogP contribution in [0.3, 0.4) is 0 Å². The van der Waals surface area contributed by atoms with Gasteiger partial charge in [-0.05, 0) is 38.2 Å². The third kappa shape index (κ3) is 5.62. The molecule has 0 unspecified atom stereocenters. The Hall–Kier alpha value is -1.06. The van der Waals surface area contributed by atoms with Gasteiger partial charge >= 0.3 is 0 Å². The van der Waals surface area contributed by atoms with Crippen molar-refractivity contribution in [2.45, 2.75) is 64.0 Å². The van der Waals surface area contributed by atoms with Crippen molar-refractivity contribution in [1.29, 1.82) is 0 Å². The minimum absolute atomic E-state index is 0. The van der Waals surface area contributed by atoms with E-state index in [9.17, 15) is 4.79 Å². The number of rotatable bonds is 6. The molecule has 0 spiro atoms. The molecule has 1 aromatic rings. The summed E-state index contributed by atoms with van der Waals surface area (Å²) < 4.78 is 0. The van der Waals surface area contributed by atoms with Gasteiger partial charge in [0.1, 0.15) is 0 Å². The van der Waals surface area contributed by atoms with Crippen molar-refractivity contribution in [2.75, 3.05) is 6.54 Å². The molecular formula is C18H29ClN2O. The Balaban J connectivity index is 0.00000242. The predicted molar refractivity (Wildman–Crippen MR) is 94.2 cm³/mol. The van der Waals surface area contributed by atoms with Gasteiger partial charge in [-0.25, -0.2) is 0 Å². The van der Waals surface area contributed by atoms with E-state index >= 15 is 0 Å². The lowest BCUT2D eigenvalue weighted by Crippen LogP contribution is -2.48. The molecule has 1 aliphatic carbocycles. The minimum Gasteiger partial charge on any atom is -0.338 e. The molecule has 1 fully saturated rings. The first kappa shape index (κ1) is 19.0. The molecule has 1 amide bonds. The van der Waals surface area contributed by atoms with Crippen molar-refractivity contribution in [3.8, 4) is 0 Å². The number of hydrogen-bond donors (Lipinski definition) is 1. The molecular weight excluding hydrogens is 296 g/mol. The summed E-state index contributed by atoms with van der Waals surface area (Å²) >= 11 is 0. The number of carbonyl (C=O) groups excluding carboxylic acids is 1. The van der Waals surface area contributed by atoms with Gasteiger partial charge in [-0.1, -0.05) is 49.6 Å². The number of nitrogens with two attached hydrogens (primary N) is 1. The van der Waals surface area contributed by atoms with Crippen LogP contribution in [0.4, 0.5) is 0 Å². The first-order chi connectivity index (χ1) is 10.2. The molecule has 0 radical (unpaired) electrons. The average molecular weight is 325 g/mol. The van der Waals surface area contributed by atoms with Gasteiger partial charge in [-0.3, -0.25) is 4.79 Å². The van der Waals surface area contributed by atoms with Crippen LogP contribution in [0.1, 0.15) is 51.0 Å². The summed E-state index contributed by atoms with van der Waals surface area (Å²) in [5.74, 6) is 0.120. The molecule has 0 bridgehead atoms. The van der Waals surface area contributed by atoms with E-state index in [-0.39, 0.29) is 24.4 Å². The molecule has 1 aromatic carbocycles. The van der Waals surface area contributed by atoms with Crippen LogP contribution < -0.4 is 5.73 Å². The zero-order chi connectivity index (χ0) is 15.1. The molecule has 0 aromatic heterocycles. The Bertz CT molecular complexity index is 430. The van der Waals surface area contributed by atoms with Crippen molar-refractivity contribution in [3.05, 3.63) is 35.9 Å². The van der Waals surface area contributed by atoms with E-state index in [1.165, 1.54) is 24.8 Å². The van der Waals surface area contributed by atoms with E-state index in [2.05, 4.69) is 29.2 Å². The molecule has 2 N–H and O–H groups in total. The van der Waals surface area contributed by atoms with Gasteiger partial charge in [-0.15, -0.1) is 12.4 Å². The second-order valence-electron chi connectivity index (χ2n) is 6.20. The van der Waals surface area contributed by atoms with Crippen LogP contribution in [-0.2, 0) is 11.2 Å². The molecule has 3 nitrogen and oxygen atoms in total. The quantitative estimate of drug-likeness (QED) is 0.869. The lowest BCUT2D eigenvalue weighted by molar-refractivity contribution is -0.135. The summed E-state index contributed by atoms with van der Waals surface area (Å²) in [5, 5.41) is 0. The Morgan fingerprint density at radius 1 is 1.23 bits per heavy atom. The maximum absolute atomic E-state index is 12.4. The molecule has 0 heterocycles. The highest BCUT2D eigenvalue weighted by Gasteiger charge is 2.26. The number of carbonyl (C=O) groups is 1. The van der Waals surface area contributed by atoms with Gasteiger partial charge in [0.2, 0.25) is 5.91 Å². The fourth-order valence-electron chi connectivity index (χ4n) is 3.23. The molecule has 1 saturated carbocycles. The molecule has 4 heteroatoms. The van der Waals surface area contributed by atoms with Crippen LogP contribution in [0.25, 0.3) is 0 Å². The largest absolute Gasteiger partial charge is 0.338 e. The number of hydrogen-bond acceptors (Lipinski definition) is 2. The summed E-state index contributed by atoms with van der Waals surface area (Å²) in [7, 11) is 0. The summed E-state index contributed by atoms with van der Waals surface area (Å²) in [5.41, 5.74) is 7.18. The first-order valence-electron chi connectivity index (χ1n) is 8.28. The Morgan fingerprint density at radius 2 is 1.86 bits per heavy atom. The number of nitrogens with zero attached hydrogens (tertiary/aromatic N) is 1. The Labute approximate surface area is 140 Å². The summed E-state index contributed by atoms with van der Waals surface area (Å²) in [4.78, 5) is 14.4. The number of halogens is 1. The van der Waals surface area contributed by atoms with Crippen LogP contribution in [-0.4, -0.2) is 29.4 Å². The van der Waals surface area contributed by atoms with E-state index in [4.69, 9.17) is 5.73 Å². The van der Waals surface area contributed by atoms with Gasteiger partial charge in [0.25, 0.3) is 0 Å². The van der Waals surface area contributed by atoms with Crippen LogP contribution in [0.2, 0.25) is 0 Å². The maximum atomic E-state index is 12.4. The van der Waals surface area contributed by atoms with Crippen molar-refractivity contribution in [2.24, 2.45) is 5.73 Å². The normalized spacial score (nSPS) is 16.6. The third-order valence-electron chi connectivity index (χ3n) is 4.40. The fraction of sp³-hybridized carbons (Fsp3) is 0.611. The molecule has 1 aliphatic rings. The molecule has 0 saturated heterocycles. The monoisotopic (exact) mass is 324 g/mol. The van der Waals surface area contributed by atoms with E-state index in [0.29, 0.717) is 6.04 Å². The van der Waals surface area contributed by atoms with E-state index in [0.717, 1.165) is 32.2 Å². The molecule has 124 valence electrons. The molecule has 1 atom stereocenters. The standard InChI is InChI=1S/C18H28N2O.ClH/c1-15(19)18(21)20(17-12-6-3-7-13-17)14-8-11-16-9-4-2-5-10-16;/h2,4-5,9-10,15,17H,3,6-8,11-14,19H2,1H3;1H/t15-;/m0./s1. The highest BCUT2D eigenvalue weighted by molar-refractivity contribution is 5.85. The minimum atomic E-state index is -0.386. The van der Waals surface area contributed by atoms with Gasteiger partial charge < -0.3 is 10.6 Å². The molecule has 0 aliphatic heterocycles. The van der Waals surface area contributed by atoms with Crippen LogP contribution in [0.5, 0.6) is 0 Å². The van der Waals surface area contributed by atoms with Gasteiger partial charge in [0.05, 0.1) is 6.04 Å². The lowest BCUT2D eigenvalue weighted by Gasteiger charge is -2.35. The van der Waals surface area contributed by atoms with Crippen molar-refractivity contribution >= 4 is 18.3 Å². The Morgan fingerprint density at radius 3 is 2.45 bits per heavy atom. The second kappa shape index (κ2) is 9.86. The second-order valence-corrected chi connectivity index (χ2v) is 6.20. The van der Waals surface area contributed by atoms with Crippen LogP contribution >= 0.6 is 12.4 Å². The third-order valence-corrected chi connectivity index (χ3v) is 4.40. The smallest absolute Gasteiger partial charge is 0.239 e. The van der Waals surface area contributed by atoms with E-state index in [1.54, 1.807) is 6.92 Å². The predicted octanol–water partition coefficient (Wildman–Crippen LogP) is 3.55. The number of aryl methyl sites for hydroxylation is 1. The summed E-state index contributed by atoms with van der Waals surface area (Å²) in [6.07, 6.45) is 8.11. The van der Waals surface area contributed by atoms with Gasteiger partial charge in [0, 0.05) is 12.6 Å². The Kier molecular flexibility index (Phi) is 8.51. The zero-order valence-corrected chi connectivity index (χ0v) is 14.4. The van der Waals surface area contributed by atoms with Crippen molar-refractivity contribution < 1.29 is 4.79 Å². The zero-order valence-electron chi connectivity index (χ0n) is 13.5. The summed E-state index contributed by atoms with van der Waals surface area (Å²) in [6, 6.07) is 10.5. The molecule has 2 rings (SSSR count). The van der Waals surface area contributed by atoms with Crippen molar-refractivity contribution in [1.82, 2.24) is 4.90 Å². The molecule has 22 heavy (non-hydrogen) atoms. The van der Waals surface area contributed by atoms with Crippen LogP contribution in [0.15, 0.2) is 30.3 Å². The number of benzene rings is 1. The summed E-state index contributed by atoms with van der Waals surface area (Å²) in [6.45, 7) is 2.63. The van der Waals surface area contributed by atoms with Gasteiger partial charge in [-0.2, -0.15) is 0 Å².